The molecule has 2 aliphatic rings. The molecule has 5 nitrogen and oxygen atoms in total. The van der Waals surface area contributed by atoms with E-state index >= 15 is 0 Å². The predicted molar refractivity (Wildman–Crippen MR) is 127 cm³/mol. The smallest absolute Gasteiger partial charge is 0.223 e. The van der Waals surface area contributed by atoms with Crippen LogP contribution >= 0.6 is 0 Å². The average molecular weight is 421 g/mol. The molecule has 1 amide bonds. The van der Waals surface area contributed by atoms with Crippen molar-refractivity contribution in [2.75, 3.05) is 20.1 Å². The summed E-state index contributed by atoms with van der Waals surface area (Å²) in [6.45, 7) is 16.5. The molecule has 1 aromatic carbocycles. The highest BCUT2D eigenvalue weighted by Gasteiger charge is 2.25. The Kier molecular flexibility index (Phi) is 19.1. The maximum atomic E-state index is 11.9. The first-order valence-corrected chi connectivity index (χ1v) is 11.1. The molecular weight excluding hydrogens is 376 g/mol. The lowest BCUT2D eigenvalue weighted by Gasteiger charge is -2.28. The minimum atomic E-state index is 0.279. The first-order chi connectivity index (χ1) is 14.5. The van der Waals surface area contributed by atoms with Crippen molar-refractivity contribution in [2.24, 2.45) is 5.92 Å². The topological polar surface area (TPSA) is 66.5 Å². The van der Waals surface area contributed by atoms with E-state index in [4.69, 9.17) is 9.59 Å². The van der Waals surface area contributed by atoms with Gasteiger partial charge in [0.2, 0.25) is 5.91 Å². The molecule has 1 saturated heterocycles. The number of aryl methyl sites for hydroxylation is 3. The zero-order valence-electron chi connectivity index (χ0n) is 20.1. The standard InChI is InChI=1S/C12H22N2O.C9H12.C2H6.2CH2O/c1-14-8-6-10(7-9-14)12(15)13-11-4-2-3-5-11;1-7-4-5-8(2)9(3)6-7;3*1-2/h10-11H,2-9H2,1H3,(H,13,15);4-6H,1-3H3;1-2H3;2*1H2. The van der Waals surface area contributed by atoms with Crippen LogP contribution in [0, 0.1) is 26.7 Å². The van der Waals surface area contributed by atoms with Crippen LogP contribution in [-0.2, 0) is 14.4 Å². The molecule has 0 bridgehead atoms. The molecule has 3 rings (SSSR count). The van der Waals surface area contributed by atoms with Crippen LogP contribution in [0.4, 0.5) is 0 Å². The van der Waals surface area contributed by atoms with Crippen molar-refractivity contribution >= 4 is 19.5 Å². The van der Waals surface area contributed by atoms with Crippen LogP contribution in [0.3, 0.4) is 0 Å². The summed E-state index contributed by atoms with van der Waals surface area (Å²) in [6.07, 6.45) is 7.04. The fourth-order valence-electron chi connectivity index (χ4n) is 3.55. The summed E-state index contributed by atoms with van der Waals surface area (Å²) in [5, 5.41) is 3.21. The largest absolute Gasteiger partial charge is 0.353 e. The Morgan fingerprint density at radius 2 is 1.40 bits per heavy atom. The van der Waals surface area contributed by atoms with Gasteiger partial charge in [-0.2, -0.15) is 0 Å². The van der Waals surface area contributed by atoms with Crippen LogP contribution in [0.5, 0.6) is 0 Å². The number of carbonyl (C=O) groups excluding carboxylic acids is 3. The first-order valence-electron chi connectivity index (χ1n) is 11.1. The van der Waals surface area contributed by atoms with E-state index in [2.05, 4.69) is 56.2 Å². The van der Waals surface area contributed by atoms with Gasteiger partial charge in [-0.1, -0.05) is 50.5 Å². The molecule has 172 valence electrons. The van der Waals surface area contributed by atoms with Crippen molar-refractivity contribution in [3.05, 3.63) is 34.9 Å². The van der Waals surface area contributed by atoms with Gasteiger partial charge in [0, 0.05) is 12.0 Å². The van der Waals surface area contributed by atoms with Crippen LogP contribution in [0.1, 0.15) is 69.1 Å². The molecule has 0 aromatic heterocycles. The third kappa shape index (κ3) is 12.5. The second kappa shape index (κ2) is 19.0. The van der Waals surface area contributed by atoms with E-state index in [-0.39, 0.29) is 5.92 Å². The molecule has 30 heavy (non-hydrogen) atoms. The molecule has 1 N–H and O–H groups in total. The van der Waals surface area contributed by atoms with Crippen molar-refractivity contribution in [3.8, 4) is 0 Å². The Hall–Kier alpha value is -2.01. The lowest BCUT2D eigenvalue weighted by Crippen LogP contribution is -2.42. The Morgan fingerprint density at radius 3 is 1.83 bits per heavy atom. The van der Waals surface area contributed by atoms with Gasteiger partial charge in [-0.25, -0.2) is 0 Å². The molecular formula is C25H44N2O3. The normalized spacial score (nSPS) is 16.2. The van der Waals surface area contributed by atoms with E-state index in [9.17, 15) is 4.79 Å². The maximum Gasteiger partial charge on any atom is 0.223 e. The lowest BCUT2D eigenvalue weighted by molar-refractivity contribution is -0.127. The molecule has 2 fully saturated rings. The third-order valence-electron chi connectivity index (χ3n) is 5.45. The minimum Gasteiger partial charge on any atom is -0.353 e. The number of hydrogen-bond donors (Lipinski definition) is 1. The van der Waals surface area contributed by atoms with Crippen LogP contribution in [0.2, 0.25) is 0 Å². The van der Waals surface area contributed by atoms with Crippen LogP contribution in [0.15, 0.2) is 18.2 Å². The van der Waals surface area contributed by atoms with Crippen molar-refractivity contribution in [2.45, 2.75) is 79.2 Å². The van der Waals surface area contributed by atoms with E-state index in [1.807, 2.05) is 27.4 Å². The second-order valence-electron chi connectivity index (χ2n) is 7.66. The number of benzene rings is 1. The summed E-state index contributed by atoms with van der Waals surface area (Å²) in [5.41, 5.74) is 4.11. The summed E-state index contributed by atoms with van der Waals surface area (Å²) in [4.78, 5) is 30.2. The van der Waals surface area contributed by atoms with E-state index in [0.717, 1.165) is 25.9 Å². The first kappa shape index (κ1) is 30.2. The van der Waals surface area contributed by atoms with E-state index in [1.165, 1.54) is 42.4 Å². The number of nitrogens with zero attached hydrogens (tertiary/aromatic N) is 1. The van der Waals surface area contributed by atoms with E-state index in [0.29, 0.717) is 11.9 Å². The molecule has 5 heteroatoms. The second-order valence-corrected chi connectivity index (χ2v) is 7.66. The highest BCUT2D eigenvalue weighted by molar-refractivity contribution is 5.79. The predicted octanol–water partition coefficient (Wildman–Crippen LogP) is 4.66. The van der Waals surface area contributed by atoms with Gasteiger partial charge >= 0.3 is 0 Å². The fraction of sp³-hybridized carbons (Fsp3) is 0.640. The highest BCUT2D eigenvalue weighted by Crippen LogP contribution is 2.20. The summed E-state index contributed by atoms with van der Waals surface area (Å²) in [6, 6.07) is 6.99. The number of piperidine rings is 1. The molecule has 0 atom stereocenters. The molecule has 1 heterocycles. The van der Waals surface area contributed by atoms with Gasteiger partial charge in [-0.3, -0.25) is 4.79 Å². The Bertz CT molecular complexity index is 562. The summed E-state index contributed by atoms with van der Waals surface area (Å²) < 4.78 is 0. The van der Waals surface area contributed by atoms with Gasteiger partial charge in [0.05, 0.1) is 0 Å². The van der Waals surface area contributed by atoms with Gasteiger partial charge in [-0.05, 0) is 77.7 Å². The quantitative estimate of drug-likeness (QED) is 0.756. The average Bonchev–Trinajstić information content (AvgIpc) is 3.29. The highest BCUT2D eigenvalue weighted by atomic mass is 16.2. The maximum absolute atomic E-state index is 11.9. The monoisotopic (exact) mass is 420 g/mol. The SMILES string of the molecule is C=O.C=O.CC.CN1CCC(C(=O)NC2CCCC2)CC1.Cc1ccc(C)c(C)c1. The molecule has 0 unspecified atom stereocenters. The van der Waals surface area contributed by atoms with Crippen LogP contribution in [-0.4, -0.2) is 50.6 Å². The van der Waals surface area contributed by atoms with Crippen LogP contribution < -0.4 is 5.32 Å². The third-order valence-corrected chi connectivity index (χ3v) is 5.45. The molecule has 1 aromatic rings. The van der Waals surface area contributed by atoms with Crippen molar-refractivity contribution in [1.29, 1.82) is 0 Å². The molecule has 0 spiro atoms. The number of nitrogens with one attached hydrogen (secondary N) is 1. The number of rotatable bonds is 2. The number of amides is 1. The van der Waals surface area contributed by atoms with Gasteiger partial charge in [0.25, 0.3) is 0 Å². The van der Waals surface area contributed by atoms with Crippen molar-refractivity contribution in [1.82, 2.24) is 10.2 Å². The summed E-state index contributed by atoms with van der Waals surface area (Å²) in [5.74, 6) is 0.594. The molecule has 1 aliphatic carbocycles. The molecule has 0 radical (unpaired) electrons. The van der Waals surface area contributed by atoms with E-state index < -0.39 is 0 Å². The lowest BCUT2D eigenvalue weighted by atomic mass is 9.96. The zero-order chi connectivity index (χ0) is 23.5. The number of likely N-dealkylation sites (tertiary alicyclic amines) is 1. The van der Waals surface area contributed by atoms with Gasteiger partial charge in [-0.15, -0.1) is 0 Å². The van der Waals surface area contributed by atoms with E-state index in [1.54, 1.807) is 0 Å². The number of hydrogen-bond acceptors (Lipinski definition) is 4. The van der Waals surface area contributed by atoms with Gasteiger partial charge in [0.15, 0.2) is 0 Å². The van der Waals surface area contributed by atoms with Gasteiger partial charge in [0.1, 0.15) is 13.6 Å². The molecule has 1 saturated carbocycles. The van der Waals surface area contributed by atoms with Crippen molar-refractivity contribution < 1.29 is 14.4 Å². The van der Waals surface area contributed by atoms with Gasteiger partial charge < -0.3 is 19.8 Å². The minimum absolute atomic E-state index is 0.279. The Morgan fingerprint density at radius 1 is 0.900 bits per heavy atom. The Labute approximate surface area is 184 Å². The Balaban J connectivity index is 0. The zero-order valence-corrected chi connectivity index (χ0v) is 20.1. The van der Waals surface area contributed by atoms with Crippen molar-refractivity contribution in [3.63, 3.8) is 0 Å². The number of carbonyl (C=O) groups is 3. The van der Waals surface area contributed by atoms with Crippen LogP contribution in [0.25, 0.3) is 0 Å². The molecule has 1 aliphatic heterocycles. The summed E-state index contributed by atoms with van der Waals surface area (Å²) >= 11 is 0. The fourth-order valence-corrected chi connectivity index (χ4v) is 3.55. The summed E-state index contributed by atoms with van der Waals surface area (Å²) in [7, 11) is 2.13.